The third-order valence-corrected chi connectivity index (χ3v) is 10.5. The highest BCUT2D eigenvalue weighted by atomic mass is 16.3. The summed E-state index contributed by atoms with van der Waals surface area (Å²) in [6.45, 7) is 0. The van der Waals surface area contributed by atoms with E-state index in [1.807, 2.05) is 48.7 Å². The molecule has 0 bridgehead atoms. The predicted molar refractivity (Wildman–Crippen MR) is 219 cm³/mol. The van der Waals surface area contributed by atoms with Crippen molar-refractivity contribution < 1.29 is 8.83 Å². The number of nitrogens with one attached hydrogen (secondary N) is 1. The molecule has 0 saturated heterocycles. The van der Waals surface area contributed by atoms with Gasteiger partial charge < -0.3 is 14.2 Å². The van der Waals surface area contributed by atoms with E-state index in [4.69, 9.17) is 18.8 Å². The molecule has 1 atom stereocenters. The van der Waals surface area contributed by atoms with Gasteiger partial charge in [0, 0.05) is 50.6 Å². The quantitative estimate of drug-likeness (QED) is 0.195. The number of aliphatic imine (C=N–C) groups is 2. The number of rotatable bonds is 5. The molecule has 0 amide bonds. The molecule has 0 fully saturated rings. The normalized spacial score (nSPS) is 14.5. The van der Waals surface area contributed by atoms with Gasteiger partial charge in [-0.2, -0.15) is 0 Å². The molecule has 0 spiro atoms. The second kappa shape index (κ2) is 12.1. The SMILES string of the molecule is c1ccc(-c2cccc(C3=NC(c4cccc5c(-c6cccc7oc8ccncc8c67)cccc45)=NC(c4cccc5oc6ccccc6c45)N3)c2)cc1. The Balaban J connectivity index is 1.12. The molecule has 4 heterocycles. The highest BCUT2D eigenvalue weighted by molar-refractivity contribution is 6.21. The van der Waals surface area contributed by atoms with Gasteiger partial charge in [-0.25, -0.2) is 9.98 Å². The first-order chi connectivity index (χ1) is 26.8. The number of hydrogen-bond acceptors (Lipinski definition) is 6. The maximum Gasteiger partial charge on any atom is 0.160 e. The van der Waals surface area contributed by atoms with Gasteiger partial charge >= 0.3 is 0 Å². The van der Waals surface area contributed by atoms with Crippen molar-refractivity contribution in [3.05, 3.63) is 187 Å². The average Bonchev–Trinajstić information content (AvgIpc) is 3.82. The lowest BCUT2D eigenvalue weighted by atomic mass is 9.93. The van der Waals surface area contributed by atoms with Gasteiger partial charge in [-0.05, 0) is 63.4 Å². The van der Waals surface area contributed by atoms with Crippen LogP contribution in [0, 0.1) is 0 Å². The van der Waals surface area contributed by atoms with E-state index in [1.165, 1.54) is 0 Å². The van der Waals surface area contributed by atoms with Gasteiger partial charge in [0.1, 0.15) is 34.3 Å². The summed E-state index contributed by atoms with van der Waals surface area (Å²) in [4.78, 5) is 15.1. The van der Waals surface area contributed by atoms with Crippen molar-refractivity contribution in [1.29, 1.82) is 0 Å². The summed E-state index contributed by atoms with van der Waals surface area (Å²) in [6.07, 6.45) is 3.22. The molecule has 10 aromatic rings. The molecular weight excluding hydrogens is 665 g/mol. The summed E-state index contributed by atoms with van der Waals surface area (Å²) in [5.74, 6) is 1.41. The lowest BCUT2D eigenvalue weighted by molar-refractivity contribution is 0.662. The van der Waals surface area contributed by atoms with Crippen molar-refractivity contribution >= 4 is 66.3 Å². The number of amidine groups is 2. The van der Waals surface area contributed by atoms with E-state index in [1.54, 1.807) is 6.20 Å². The number of hydrogen-bond donors (Lipinski definition) is 1. The second-order valence-corrected chi connectivity index (χ2v) is 13.6. The molecule has 7 aromatic carbocycles. The highest BCUT2D eigenvalue weighted by Gasteiger charge is 2.26. The summed E-state index contributed by atoms with van der Waals surface area (Å²) in [6, 6.07) is 54.4. The number of benzene rings is 7. The van der Waals surface area contributed by atoms with E-state index in [9.17, 15) is 0 Å². The Kier molecular flexibility index (Phi) is 6.82. The van der Waals surface area contributed by atoms with Crippen LogP contribution in [-0.4, -0.2) is 16.7 Å². The van der Waals surface area contributed by atoms with E-state index in [0.717, 1.165) is 99.4 Å². The summed E-state index contributed by atoms with van der Waals surface area (Å²) in [5, 5.41) is 10.0. The summed E-state index contributed by atoms with van der Waals surface area (Å²) < 4.78 is 12.6. The molecule has 0 saturated carbocycles. The fourth-order valence-corrected chi connectivity index (χ4v) is 8.02. The van der Waals surface area contributed by atoms with E-state index >= 15 is 0 Å². The number of pyridine rings is 1. The molecular formula is C48H30N4O2. The first kappa shape index (κ1) is 30.3. The van der Waals surface area contributed by atoms with E-state index < -0.39 is 6.17 Å². The molecule has 54 heavy (non-hydrogen) atoms. The first-order valence-electron chi connectivity index (χ1n) is 18.0. The van der Waals surface area contributed by atoms with Crippen LogP contribution in [0.3, 0.4) is 0 Å². The number of aromatic nitrogens is 1. The maximum atomic E-state index is 6.32. The lowest BCUT2D eigenvalue weighted by Gasteiger charge is -2.25. The zero-order valence-corrected chi connectivity index (χ0v) is 28.9. The monoisotopic (exact) mass is 694 g/mol. The highest BCUT2D eigenvalue weighted by Crippen LogP contribution is 2.40. The molecule has 0 aliphatic carbocycles. The minimum Gasteiger partial charge on any atom is -0.456 e. The van der Waals surface area contributed by atoms with Crippen molar-refractivity contribution in [2.45, 2.75) is 6.17 Å². The Morgan fingerprint density at radius 2 is 1.09 bits per heavy atom. The van der Waals surface area contributed by atoms with Crippen LogP contribution < -0.4 is 5.32 Å². The molecule has 6 nitrogen and oxygen atoms in total. The second-order valence-electron chi connectivity index (χ2n) is 13.6. The Hall–Kier alpha value is -7.31. The zero-order valence-electron chi connectivity index (χ0n) is 28.9. The molecule has 254 valence electrons. The number of para-hydroxylation sites is 1. The van der Waals surface area contributed by atoms with Crippen molar-refractivity contribution in [2.75, 3.05) is 0 Å². The number of furan rings is 2. The van der Waals surface area contributed by atoms with E-state index in [0.29, 0.717) is 5.84 Å². The van der Waals surface area contributed by atoms with Crippen LogP contribution in [-0.2, 0) is 0 Å². The lowest BCUT2D eigenvalue weighted by Crippen LogP contribution is -2.33. The maximum absolute atomic E-state index is 6.32. The van der Waals surface area contributed by atoms with Crippen LogP contribution in [0.1, 0.15) is 22.9 Å². The summed E-state index contributed by atoms with van der Waals surface area (Å²) in [7, 11) is 0. The van der Waals surface area contributed by atoms with Gasteiger partial charge in [0.15, 0.2) is 5.84 Å². The van der Waals surface area contributed by atoms with Gasteiger partial charge in [-0.1, -0.05) is 127 Å². The molecule has 11 rings (SSSR count). The van der Waals surface area contributed by atoms with Gasteiger partial charge in [0.2, 0.25) is 0 Å². The Morgan fingerprint density at radius 1 is 0.463 bits per heavy atom. The van der Waals surface area contributed by atoms with Crippen LogP contribution in [0.15, 0.2) is 189 Å². The average molecular weight is 695 g/mol. The fourth-order valence-electron chi connectivity index (χ4n) is 8.02. The zero-order chi connectivity index (χ0) is 35.6. The fraction of sp³-hybridized carbons (Fsp3) is 0.0208. The molecule has 1 aliphatic heterocycles. The first-order valence-corrected chi connectivity index (χ1v) is 18.0. The van der Waals surface area contributed by atoms with Crippen LogP contribution in [0.5, 0.6) is 0 Å². The molecule has 1 N–H and O–H groups in total. The van der Waals surface area contributed by atoms with Crippen molar-refractivity contribution in [3.8, 4) is 22.3 Å². The summed E-state index contributed by atoms with van der Waals surface area (Å²) in [5.41, 5.74) is 10.7. The van der Waals surface area contributed by atoms with Crippen LogP contribution in [0.25, 0.3) is 76.9 Å². The predicted octanol–water partition coefficient (Wildman–Crippen LogP) is 11.9. The molecule has 3 aromatic heterocycles. The van der Waals surface area contributed by atoms with Crippen molar-refractivity contribution in [2.24, 2.45) is 9.98 Å². The summed E-state index contributed by atoms with van der Waals surface area (Å²) >= 11 is 0. The standard InChI is InChI=1S/C48H30N4O2/c1-2-11-29(12-3-1)30-13-6-14-31(27-30)46-50-47(52-48(51-46)38-21-10-24-43-45(38)37-15-4-5-22-40(37)53-43)36-20-8-16-32-33(17-7-18-34(32)36)35-19-9-23-42-44(35)39-28-49-26-25-41(39)54-42/h1-28,48H,(H,50,51,52). The molecule has 1 aliphatic rings. The Morgan fingerprint density at radius 3 is 1.98 bits per heavy atom. The van der Waals surface area contributed by atoms with Crippen LogP contribution in [0.2, 0.25) is 0 Å². The smallest absolute Gasteiger partial charge is 0.160 e. The van der Waals surface area contributed by atoms with E-state index in [-0.39, 0.29) is 0 Å². The van der Waals surface area contributed by atoms with Crippen molar-refractivity contribution in [3.63, 3.8) is 0 Å². The number of nitrogens with zero attached hydrogens (tertiary/aromatic N) is 3. The van der Waals surface area contributed by atoms with Gasteiger partial charge in [-0.3, -0.25) is 4.98 Å². The largest absolute Gasteiger partial charge is 0.456 e. The van der Waals surface area contributed by atoms with Crippen LogP contribution >= 0.6 is 0 Å². The van der Waals surface area contributed by atoms with Crippen LogP contribution in [0.4, 0.5) is 0 Å². The molecule has 6 heteroatoms. The van der Waals surface area contributed by atoms with E-state index in [2.05, 4.69) is 126 Å². The third kappa shape index (κ3) is 4.85. The van der Waals surface area contributed by atoms with Crippen molar-refractivity contribution in [1.82, 2.24) is 10.3 Å². The van der Waals surface area contributed by atoms with Gasteiger partial charge in [-0.15, -0.1) is 0 Å². The Bertz CT molecular complexity index is 3150. The third-order valence-electron chi connectivity index (χ3n) is 10.5. The molecule has 1 unspecified atom stereocenters. The number of fused-ring (bicyclic) bond motifs is 7. The topological polar surface area (TPSA) is 75.9 Å². The minimum absolute atomic E-state index is 0.436. The van der Waals surface area contributed by atoms with Gasteiger partial charge in [0.05, 0.1) is 0 Å². The Labute approximate surface area is 309 Å². The minimum atomic E-state index is -0.436. The van der Waals surface area contributed by atoms with Gasteiger partial charge in [0.25, 0.3) is 0 Å². The molecule has 0 radical (unpaired) electrons.